The number of Topliss-reactive ketones (excluding diaryl/α,β-unsaturated/α-hetero) is 1. The highest BCUT2D eigenvalue weighted by Gasteiger charge is 2.11. The molecule has 0 atom stereocenters. The van der Waals surface area contributed by atoms with E-state index in [-0.39, 0.29) is 5.78 Å². The van der Waals surface area contributed by atoms with Crippen LogP contribution in [0.5, 0.6) is 0 Å². The first-order valence-electron chi connectivity index (χ1n) is 9.84. The van der Waals surface area contributed by atoms with Gasteiger partial charge in [-0.05, 0) is 66.2 Å². The Balaban J connectivity index is 1.40. The van der Waals surface area contributed by atoms with Crippen LogP contribution in [0.2, 0.25) is 0 Å². The van der Waals surface area contributed by atoms with Gasteiger partial charge in [0, 0.05) is 42.7 Å². The monoisotopic (exact) mass is 395 g/mol. The van der Waals surface area contributed by atoms with Crippen LogP contribution in [-0.2, 0) is 6.42 Å². The summed E-state index contributed by atoms with van der Waals surface area (Å²) in [4.78, 5) is 22.8. The van der Waals surface area contributed by atoms with Crippen molar-refractivity contribution in [3.63, 3.8) is 0 Å². The van der Waals surface area contributed by atoms with Crippen LogP contribution in [0.4, 0.5) is 5.69 Å². The molecule has 0 spiro atoms. The zero-order chi connectivity index (χ0) is 20.7. The summed E-state index contributed by atoms with van der Waals surface area (Å²) >= 11 is 0. The number of carbonyl (C=O) groups is 1. The van der Waals surface area contributed by atoms with Crippen LogP contribution in [0.15, 0.2) is 77.4 Å². The van der Waals surface area contributed by atoms with E-state index in [0.29, 0.717) is 6.42 Å². The van der Waals surface area contributed by atoms with Gasteiger partial charge < -0.3 is 14.3 Å². The molecule has 3 aromatic carbocycles. The lowest BCUT2D eigenvalue weighted by Crippen LogP contribution is -2.09. The van der Waals surface area contributed by atoms with E-state index in [0.717, 1.165) is 50.2 Å². The zero-order valence-corrected chi connectivity index (χ0v) is 16.8. The van der Waals surface area contributed by atoms with Crippen molar-refractivity contribution >= 4 is 33.5 Å². The molecule has 2 heterocycles. The molecule has 148 valence electrons. The quantitative estimate of drug-likeness (QED) is 0.401. The normalized spacial score (nSPS) is 11.3. The molecule has 0 bridgehead atoms. The van der Waals surface area contributed by atoms with Crippen LogP contribution in [0.3, 0.4) is 0 Å². The van der Waals surface area contributed by atoms with Crippen molar-refractivity contribution in [3.8, 4) is 11.4 Å². The van der Waals surface area contributed by atoms with Gasteiger partial charge in [0.1, 0.15) is 11.4 Å². The summed E-state index contributed by atoms with van der Waals surface area (Å²) in [5.41, 5.74) is 6.41. The molecule has 5 nitrogen and oxygen atoms in total. The summed E-state index contributed by atoms with van der Waals surface area (Å²) in [6.07, 6.45) is 2.04. The molecule has 0 radical (unpaired) electrons. The highest BCUT2D eigenvalue weighted by molar-refractivity contribution is 5.98. The van der Waals surface area contributed by atoms with Crippen LogP contribution >= 0.6 is 0 Å². The number of benzene rings is 3. The number of aromatic nitrogens is 2. The Hall–Kier alpha value is -3.86. The van der Waals surface area contributed by atoms with Gasteiger partial charge in [0.2, 0.25) is 0 Å². The van der Waals surface area contributed by atoms with Crippen LogP contribution in [0.1, 0.15) is 15.9 Å². The second kappa shape index (κ2) is 7.19. The van der Waals surface area contributed by atoms with Gasteiger partial charge in [-0.3, -0.25) is 4.79 Å². The molecule has 5 rings (SSSR count). The van der Waals surface area contributed by atoms with Crippen molar-refractivity contribution in [2.75, 3.05) is 19.0 Å². The summed E-state index contributed by atoms with van der Waals surface area (Å²) in [6.45, 7) is 0. The fourth-order valence-electron chi connectivity index (χ4n) is 3.65. The summed E-state index contributed by atoms with van der Waals surface area (Å²) in [7, 11) is 3.97. The van der Waals surface area contributed by atoms with Gasteiger partial charge in [0.15, 0.2) is 5.78 Å². The predicted molar refractivity (Wildman–Crippen MR) is 120 cm³/mol. The fourth-order valence-corrected chi connectivity index (χ4v) is 3.65. The topological polar surface area (TPSA) is 62.1 Å². The number of ketones is 1. The van der Waals surface area contributed by atoms with Crippen LogP contribution in [-0.4, -0.2) is 29.8 Å². The third kappa shape index (κ3) is 3.35. The number of rotatable bonds is 5. The van der Waals surface area contributed by atoms with E-state index in [1.807, 2.05) is 79.7 Å². The minimum atomic E-state index is 0.102. The number of hydrogen-bond acceptors (Lipinski definition) is 4. The molecule has 0 saturated carbocycles. The van der Waals surface area contributed by atoms with E-state index in [2.05, 4.69) is 11.1 Å². The molecule has 1 N–H and O–H groups in total. The molecule has 0 amide bonds. The Morgan fingerprint density at radius 1 is 1.00 bits per heavy atom. The molecule has 0 aliphatic heterocycles. The smallest absolute Gasteiger partial charge is 0.167 e. The Morgan fingerprint density at radius 3 is 2.63 bits per heavy atom. The first-order chi connectivity index (χ1) is 14.6. The molecule has 2 aromatic heterocycles. The molecule has 30 heavy (non-hydrogen) atoms. The number of nitrogens with zero attached hydrogens (tertiary/aromatic N) is 2. The number of anilines is 1. The van der Waals surface area contributed by atoms with Crippen molar-refractivity contribution in [3.05, 3.63) is 84.1 Å². The number of aromatic amines is 1. The van der Waals surface area contributed by atoms with Crippen molar-refractivity contribution in [2.24, 2.45) is 0 Å². The Bertz CT molecular complexity index is 1360. The lowest BCUT2D eigenvalue weighted by molar-refractivity contribution is 0.0993. The van der Waals surface area contributed by atoms with Gasteiger partial charge in [-0.25, -0.2) is 4.98 Å². The van der Waals surface area contributed by atoms with E-state index in [1.165, 1.54) is 0 Å². The number of fused-ring (bicyclic) bond motifs is 2. The Morgan fingerprint density at radius 2 is 1.83 bits per heavy atom. The lowest BCUT2D eigenvalue weighted by atomic mass is 10.0. The average Bonchev–Trinajstić information content (AvgIpc) is 3.39. The SMILES string of the molecule is CN(C)c1ccc(C(=O)Cc2ccc3nc(-c4ccc5occc5c4)[nH]c3c2)cc1. The minimum absolute atomic E-state index is 0.102. The maximum Gasteiger partial charge on any atom is 0.167 e. The second-order valence-corrected chi connectivity index (χ2v) is 7.65. The van der Waals surface area contributed by atoms with Crippen molar-refractivity contribution in [1.82, 2.24) is 9.97 Å². The third-order valence-corrected chi connectivity index (χ3v) is 5.34. The largest absolute Gasteiger partial charge is 0.464 e. The first kappa shape index (κ1) is 18.2. The molecular weight excluding hydrogens is 374 g/mol. The Kier molecular flexibility index (Phi) is 4.36. The van der Waals surface area contributed by atoms with Gasteiger partial charge in [-0.15, -0.1) is 0 Å². The van der Waals surface area contributed by atoms with E-state index in [1.54, 1.807) is 6.26 Å². The van der Waals surface area contributed by atoms with Gasteiger partial charge in [-0.1, -0.05) is 6.07 Å². The van der Waals surface area contributed by atoms with Crippen LogP contribution in [0, 0.1) is 0 Å². The van der Waals surface area contributed by atoms with Crippen LogP contribution in [0.25, 0.3) is 33.4 Å². The van der Waals surface area contributed by atoms with Crippen molar-refractivity contribution < 1.29 is 9.21 Å². The molecule has 0 fully saturated rings. The molecule has 0 aliphatic carbocycles. The summed E-state index contributed by atoms with van der Waals surface area (Å²) in [6, 6.07) is 21.6. The number of hydrogen-bond donors (Lipinski definition) is 1. The van der Waals surface area contributed by atoms with Crippen molar-refractivity contribution in [1.29, 1.82) is 0 Å². The second-order valence-electron chi connectivity index (χ2n) is 7.65. The lowest BCUT2D eigenvalue weighted by Gasteiger charge is -2.12. The van der Waals surface area contributed by atoms with E-state index in [9.17, 15) is 4.79 Å². The molecule has 0 aliphatic rings. The average molecular weight is 395 g/mol. The predicted octanol–water partition coefficient (Wildman–Crippen LogP) is 5.47. The molecule has 0 saturated heterocycles. The number of H-pyrrole nitrogens is 1. The molecule has 5 aromatic rings. The van der Waals surface area contributed by atoms with E-state index < -0.39 is 0 Å². The van der Waals surface area contributed by atoms with Crippen molar-refractivity contribution in [2.45, 2.75) is 6.42 Å². The zero-order valence-electron chi connectivity index (χ0n) is 16.8. The molecule has 5 heteroatoms. The van der Waals surface area contributed by atoms with Gasteiger partial charge in [-0.2, -0.15) is 0 Å². The first-order valence-corrected chi connectivity index (χ1v) is 9.84. The molecular formula is C25H21N3O2. The van der Waals surface area contributed by atoms with E-state index in [4.69, 9.17) is 9.40 Å². The standard InChI is InChI=1S/C25H21N3O2/c1-28(2)20-7-4-17(5-8-20)23(29)14-16-3-9-21-22(13-16)27-25(26-21)19-6-10-24-18(15-19)11-12-30-24/h3-13,15H,14H2,1-2H3,(H,26,27). The summed E-state index contributed by atoms with van der Waals surface area (Å²) < 4.78 is 5.41. The summed E-state index contributed by atoms with van der Waals surface area (Å²) in [5, 5.41) is 1.04. The maximum atomic E-state index is 12.7. The van der Waals surface area contributed by atoms with E-state index >= 15 is 0 Å². The number of imidazole rings is 1. The number of furan rings is 1. The highest BCUT2D eigenvalue weighted by atomic mass is 16.3. The minimum Gasteiger partial charge on any atom is -0.464 e. The third-order valence-electron chi connectivity index (χ3n) is 5.34. The number of nitrogens with one attached hydrogen (secondary N) is 1. The Labute approximate surface area is 174 Å². The highest BCUT2D eigenvalue weighted by Crippen LogP contribution is 2.26. The van der Waals surface area contributed by atoms with Gasteiger partial charge >= 0.3 is 0 Å². The maximum absolute atomic E-state index is 12.7. The molecule has 0 unspecified atom stereocenters. The summed E-state index contributed by atoms with van der Waals surface area (Å²) in [5.74, 6) is 0.903. The van der Waals surface area contributed by atoms with Gasteiger partial charge in [0.25, 0.3) is 0 Å². The van der Waals surface area contributed by atoms with Crippen LogP contribution < -0.4 is 4.90 Å². The number of carbonyl (C=O) groups excluding carboxylic acids is 1. The van der Waals surface area contributed by atoms with Gasteiger partial charge in [0.05, 0.1) is 17.3 Å². The fraction of sp³-hybridized carbons (Fsp3) is 0.120.